The zero-order valence-electron chi connectivity index (χ0n) is 11.1. The summed E-state index contributed by atoms with van der Waals surface area (Å²) in [4.78, 5) is 14.8. The number of carbonyl (C=O) groups is 1. The first-order valence-corrected chi connectivity index (χ1v) is 7.63. The molecule has 0 radical (unpaired) electrons. The molecule has 2 aliphatic rings. The van der Waals surface area contributed by atoms with Gasteiger partial charge in [-0.05, 0) is 48.1 Å². The summed E-state index contributed by atoms with van der Waals surface area (Å²) in [5.74, 6) is 0.923. The highest BCUT2D eigenvalue weighted by atomic mass is 32.1. The Labute approximate surface area is 112 Å². The van der Waals surface area contributed by atoms with E-state index in [1.807, 2.05) is 6.92 Å². The Kier molecular flexibility index (Phi) is 2.75. The quantitative estimate of drug-likeness (QED) is 0.910. The van der Waals surface area contributed by atoms with Gasteiger partial charge in [-0.25, -0.2) is 0 Å². The van der Waals surface area contributed by atoms with Crippen molar-refractivity contribution in [2.45, 2.75) is 51.4 Å². The first-order chi connectivity index (χ1) is 8.57. The molecule has 1 saturated heterocycles. The lowest BCUT2D eigenvalue weighted by Crippen LogP contribution is -2.43. The highest BCUT2D eigenvalue weighted by Gasteiger charge is 2.54. The van der Waals surface area contributed by atoms with Crippen molar-refractivity contribution in [3.8, 4) is 0 Å². The number of rotatable bonds is 3. The van der Waals surface area contributed by atoms with Gasteiger partial charge < -0.3 is 4.90 Å². The zero-order valence-corrected chi connectivity index (χ0v) is 12.0. The molecule has 2 fully saturated rings. The second kappa shape index (κ2) is 4.07. The molecule has 0 spiro atoms. The number of nitrogens with one attached hydrogen (secondary N) is 1. The molecule has 1 amide bonds. The molecule has 1 aromatic heterocycles. The summed E-state index contributed by atoms with van der Waals surface area (Å²) in [6, 6.07) is 2.56. The molecule has 1 aromatic rings. The van der Waals surface area contributed by atoms with Crippen molar-refractivity contribution in [2.75, 3.05) is 0 Å². The Balaban J connectivity index is 1.94. The third-order valence-electron chi connectivity index (χ3n) is 4.43. The van der Waals surface area contributed by atoms with E-state index in [1.165, 1.54) is 5.56 Å². The Morgan fingerprint density at radius 2 is 2.33 bits per heavy atom. The molecule has 1 aliphatic carbocycles. The van der Waals surface area contributed by atoms with Crippen molar-refractivity contribution < 1.29 is 4.79 Å². The number of amides is 1. The van der Waals surface area contributed by atoms with Crippen LogP contribution in [0.5, 0.6) is 0 Å². The van der Waals surface area contributed by atoms with E-state index in [0.29, 0.717) is 12.0 Å². The molecule has 1 aliphatic heterocycles. The van der Waals surface area contributed by atoms with Gasteiger partial charge in [0.1, 0.15) is 6.17 Å². The third kappa shape index (κ3) is 1.70. The predicted molar refractivity (Wildman–Crippen MR) is 73.3 cm³/mol. The molecule has 4 heteroatoms. The number of carbonyl (C=O) groups excluding carboxylic acids is 1. The van der Waals surface area contributed by atoms with Crippen LogP contribution in [-0.4, -0.2) is 22.4 Å². The van der Waals surface area contributed by atoms with Gasteiger partial charge in [-0.3, -0.25) is 10.1 Å². The van der Waals surface area contributed by atoms with Crippen LogP contribution in [0.3, 0.4) is 0 Å². The Morgan fingerprint density at radius 3 is 2.83 bits per heavy atom. The molecule has 18 heavy (non-hydrogen) atoms. The van der Waals surface area contributed by atoms with Crippen LogP contribution in [0, 0.1) is 5.92 Å². The van der Waals surface area contributed by atoms with Crippen LogP contribution in [0.2, 0.25) is 0 Å². The van der Waals surface area contributed by atoms with Gasteiger partial charge in [0.25, 0.3) is 0 Å². The minimum Gasteiger partial charge on any atom is -0.318 e. The van der Waals surface area contributed by atoms with Gasteiger partial charge in [-0.1, -0.05) is 13.8 Å². The number of nitrogens with zero attached hydrogens (tertiary/aromatic N) is 1. The first kappa shape index (κ1) is 12.2. The molecule has 1 N–H and O–H groups in total. The van der Waals surface area contributed by atoms with E-state index < -0.39 is 5.54 Å². The Bertz CT molecular complexity index is 458. The lowest BCUT2D eigenvalue weighted by molar-refractivity contribution is -0.133. The summed E-state index contributed by atoms with van der Waals surface area (Å²) in [7, 11) is 0. The van der Waals surface area contributed by atoms with Gasteiger partial charge in [-0.2, -0.15) is 11.3 Å². The molecule has 3 nitrogen and oxygen atoms in total. The normalized spacial score (nSPS) is 39.4. The average Bonchev–Trinajstić information content (AvgIpc) is 2.83. The van der Waals surface area contributed by atoms with Gasteiger partial charge >= 0.3 is 0 Å². The van der Waals surface area contributed by atoms with E-state index in [9.17, 15) is 4.79 Å². The van der Waals surface area contributed by atoms with Crippen molar-refractivity contribution >= 4 is 17.2 Å². The van der Waals surface area contributed by atoms with Crippen LogP contribution < -0.4 is 5.32 Å². The summed E-state index contributed by atoms with van der Waals surface area (Å²) in [6.45, 7) is 6.33. The standard InChI is InChI=1S/C14H20N2OS/c1-4-14(3)13(17)16(11-7-9(11)2)12(15-14)10-5-6-18-8-10/h5-6,8-9,11-12,15H,4,7H2,1-3H3. The third-order valence-corrected chi connectivity index (χ3v) is 5.13. The van der Waals surface area contributed by atoms with E-state index in [-0.39, 0.29) is 12.1 Å². The SMILES string of the molecule is CCC1(C)NC(c2ccsc2)N(C2CC2C)C1=O. The monoisotopic (exact) mass is 264 g/mol. The summed E-state index contributed by atoms with van der Waals surface area (Å²) < 4.78 is 0. The average molecular weight is 264 g/mol. The van der Waals surface area contributed by atoms with E-state index in [1.54, 1.807) is 11.3 Å². The molecule has 0 aromatic carbocycles. The van der Waals surface area contributed by atoms with Gasteiger partial charge in [0.2, 0.25) is 5.91 Å². The lowest BCUT2D eigenvalue weighted by atomic mass is 9.99. The smallest absolute Gasteiger partial charge is 0.244 e. The highest BCUT2D eigenvalue weighted by molar-refractivity contribution is 7.07. The fraction of sp³-hybridized carbons (Fsp3) is 0.643. The second-order valence-electron chi connectivity index (χ2n) is 5.78. The van der Waals surface area contributed by atoms with Crippen LogP contribution in [0.15, 0.2) is 16.8 Å². The topological polar surface area (TPSA) is 32.3 Å². The Hall–Kier alpha value is -0.870. The largest absolute Gasteiger partial charge is 0.318 e. The van der Waals surface area contributed by atoms with Crippen LogP contribution in [0.25, 0.3) is 0 Å². The molecular weight excluding hydrogens is 244 g/mol. The number of hydrogen-bond acceptors (Lipinski definition) is 3. The maximum Gasteiger partial charge on any atom is 0.244 e. The molecule has 2 heterocycles. The van der Waals surface area contributed by atoms with Gasteiger partial charge in [0.05, 0.1) is 5.54 Å². The van der Waals surface area contributed by atoms with Crippen LogP contribution in [0.4, 0.5) is 0 Å². The van der Waals surface area contributed by atoms with Crippen molar-refractivity contribution in [2.24, 2.45) is 5.92 Å². The number of hydrogen-bond donors (Lipinski definition) is 1. The van der Waals surface area contributed by atoms with Gasteiger partial charge in [0, 0.05) is 6.04 Å². The zero-order chi connectivity index (χ0) is 12.9. The highest BCUT2D eigenvalue weighted by Crippen LogP contribution is 2.44. The maximum absolute atomic E-state index is 12.7. The Morgan fingerprint density at radius 1 is 1.61 bits per heavy atom. The predicted octanol–water partition coefficient (Wildman–Crippen LogP) is 2.76. The van der Waals surface area contributed by atoms with Crippen molar-refractivity contribution in [3.63, 3.8) is 0 Å². The summed E-state index contributed by atoms with van der Waals surface area (Å²) >= 11 is 1.69. The van der Waals surface area contributed by atoms with E-state index in [0.717, 1.165) is 12.8 Å². The maximum atomic E-state index is 12.7. The van der Waals surface area contributed by atoms with Crippen LogP contribution in [-0.2, 0) is 4.79 Å². The molecular formula is C14H20N2OS. The van der Waals surface area contributed by atoms with E-state index in [4.69, 9.17) is 0 Å². The van der Waals surface area contributed by atoms with Crippen molar-refractivity contribution in [1.82, 2.24) is 10.2 Å². The summed E-state index contributed by atoms with van der Waals surface area (Å²) in [5.41, 5.74) is 0.833. The fourth-order valence-corrected chi connectivity index (χ4v) is 3.47. The van der Waals surface area contributed by atoms with Crippen LogP contribution in [0.1, 0.15) is 45.3 Å². The van der Waals surface area contributed by atoms with E-state index in [2.05, 4.69) is 40.9 Å². The van der Waals surface area contributed by atoms with Crippen molar-refractivity contribution in [3.05, 3.63) is 22.4 Å². The lowest BCUT2D eigenvalue weighted by Gasteiger charge is -2.23. The summed E-state index contributed by atoms with van der Waals surface area (Å²) in [6.07, 6.45) is 2.06. The van der Waals surface area contributed by atoms with Crippen LogP contribution >= 0.6 is 11.3 Å². The molecule has 4 atom stereocenters. The van der Waals surface area contributed by atoms with Gasteiger partial charge in [0.15, 0.2) is 0 Å². The molecule has 1 saturated carbocycles. The molecule has 4 unspecified atom stereocenters. The molecule has 0 bridgehead atoms. The summed E-state index contributed by atoms with van der Waals surface area (Å²) in [5, 5.41) is 7.77. The minimum atomic E-state index is -0.394. The van der Waals surface area contributed by atoms with Crippen molar-refractivity contribution in [1.29, 1.82) is 0 Å². The second-order valence-corrected chi connectivity index (χ2v) is 6.56. The fourth-order valence-electron chi connectivity index (χ4n) is 2.80. The molecule has 3 rings (SSSR count). The minimum absolute atomic E-state index is 0.0728. The van der Waals surface area contributed by atoms with E-state index >= 15 is 0 Å². The molecule has 98 valence electrons. The number of thiophene rings is 1. The van der Waals surface area contributed by atoms with Gasteiger partial charge in [-0.15, -0.1) is 0 Å². The first-order valence-electron chi connectivity index (χ1n) is 6.69.